The fourth-order valence-corrected chi connectivity index (χ4v) is 0.991. The number of hydrogen-bond acceptors (Lipinski definition) is 1. The SMILES string of the molecule is CCCCCCOC(C)C(C)C. The Morgan fingerprint density at radius 3 is 2.17 bits per heavy atom. The molecule has 0 aromatic carbocycles. The maximum atomic E-state index is 5.65. The number of hydrogen-bond donors (Lipinski definition) is 0. The standard InChI is InChI=1S/C11H24O/c1-5-6-7-8-9-12-11(4)10(2)3/h10-11H,5-9H2,1-4H3. The van der Waals surface area contributed by atoms with Gasteiger partial charge in [0.05, 0.1) is 6.10 Å². The summed E-state index contributed by atoms with van der Waals surface area (Å²) in [7, 11) is 0. The first-order valence-electron chi connectivity index (χ1n) is 5.30. The third-order valence-corrected chi connectivity index (χ3v) is 2.32. The summed E-state index contributed by atoms with van der Waals surface area (Å²) in [6, 6.07) is 0. The Hall–Kier alpha value is -0.0400. The Kier molecular flexibility index (Phi) is 7.58. The summed E-state index contributed by atoms with van der Waals surface area (Å²) in [6.45, 7) is 9.74. The molecule has 1 atom stereocenters. The highest BCUT2D eigenvalue weighted by molar-refractivity contribution is 4.54. The third kappa shape index (κ3) is 6.66. The third-order valence-electron chi connectivity index (χ3n) is 2.32. The molecular formula is C11H24O. The van der Waals surface area contributed by atoms with Crippen molar-refractivity contribution in [3.05, 3.63) is 0 Å². The fraction of sp³-hybridized carbons (Fsp3) is 1.00. The van der Waals surface area contributed by atoms with E-state index >= 15 is 0 Å². The molecule has 0 bridgehead atoms. The highest BCUT2D eigenvalue weighted by Crippen LogP contribution is 2.07. The van der Waals surface area contributed by atoms with E-state index < -0.39 is 0 Å². The van der Waals surface area contributed by atoms with Gasteiger partial charge in [0.1, 0.15) is 0 Å². The van der Waals surface area contributed by atoms with Gasteiger partial charge in [-0.2, -0.15) is 0 Å². The van der Waals surface area contributed by atoms with Gasteiger partial charge in [-0.25, -0.2) is 0 Å². The Balaban J connectivity index is 3.08. The summed E-state index contributed by atoms with van der Waals surface area (Å²) < 4.78 is 5.65. The van der Waals surface area contributed by atoms with Gasteiger partial charge in [-0.3, -0.25) is 0 Å². The first-order valence-corrected chi connectivity index (χ1v) is 5.30. The van der Waals surface area contributed by atoms with E-state index in [0.717, 1.165) is 6.61 Å². The quantitative estimate of drug-likeness (QED) is 0.533. The molecule has 0 fully saturated rings. The minimum atomic E-state index is 0.423. The lowest BCUT2D eigenvalue weighted by atomic mass is 10.1. The molecule has 74 valence electrons. The summed E-state index contributed by atoms with van der Waals surface area (Å²) in [5, 5.41) is 0. The van der Waals surface area contributed by atoms with Crippen LogP contribution in [0.15, 0.2) is 0 Å². The van der Waals surface area contributed by atoms with Crippen LogP contribution in [0.1, 0.15) is 53.4 Å². The average molecular weight is 172 g/mol. The lowest BCUT2D eigenvalue weighted by Crippen LogP contribution is -2.15. The maximum absolute atomic E-state index is 5.65. The topological polar surface area (TPSA) is 9.23 Å². The first kappa shape index (κ1) is 12.0. The van der Waals surface area contributed by atoms with Crippen molar-refractivity contribution in [2.75, 3.05) is 6.61 Å². The molecule has 0 rings (SSSR count). The molecule has 0 aromatic heterocycles. The van der Waals surface area contributed by atoms with E-state index in [2.05, 4.69) is 27.7 Å². The van der Waals surface area contributed by atoms with Crippen molar-refractivity contribution in [3.63, 3.8) is 0 Å². The minimum absolute atomic E-state index is 0.423. The molecule has 12 heavy (non-hydrogen) atoms. The predicted molar refractivity (Wildman–Crippen MR) is 54.4 cm³/mol. The molecule has 0 spiro atoms. The van der Waals surface area contributed by atoms with Crippen LogP contribution in [0.25, 0.3) is 0 Å². The molecule has 0 N–H and O–H groups in total. The van der Waals surface area contributed by atoms with Crippen LogP contribution in [-0.4, -0.2) is 12.7 Å². The molecule has 0 aliphatic carbocycles. The second-order valence-electron chi connectivity index (χ2n) is 3.88. The van der Waals surface area contributed by atoms with Gasteiger partial charge in [-0.05, 0) is 19.3 Å². The Morgan fingerprint density at radius 1 is 1.00 bits per heavy atom. The van der Waals surface area contributed by atoms with Crippen LogP contribution in [0, 0.1) is 5.92 Å². The Morgan fingerprint density at radius 2 is 1.67 bits per heavy atom. The fourth-order valence-electron chi connectivity index (χ4n) is 0.991. The summed E-state index contributed by atoms with van der Waals surface area (Å²) >= 11 is 0. The highest BCUT2D eigenvalue weighted by atomic mass is 16.5. The largest absolute Gasteiger partial charge is 0.378 e. The molecule has 1 heteroatoms. The zero-order chi connectivity index (χ0) is 9.40. The van der Waals surface area contributed by atoms with E-state index in [1.807, 2.05) is 0 Å². The zero-order valence-electron chi connectivity index (χ0n) is 9.10. The van der Waals surface area contributed by atoms with Crippen molar-refractivity contribution in [1.29, 1.82) is 0 Å². The maximum Gasteiger partial charge on any atom is 0.0569 e. The van der Waals surface area contributed by atoms with E-state index in [9.17, 15) is 0 Å². The number of ether oxygens (including phenoxy) is 1. The van der Waals surface area contributed by atoms with Gasteiger partial charge in [-0.15, -0.1) is 0 Å². The monoisotopic (exact) mass is 172 g/mol. The van der Waals surface area contributed by atoms with Gasteiger partial charge < -0.3 is 4.74 Å². The zero-order valence-corrected chi connectivity index (χ0v) is 9.10. The summed E-state index contributed by atoms with van der Waals surface area (Å²) in [5.41, 5.74) is 0. The molecule has 0 radical (unpaired) electrons. The lowest BCUT2D eigenvalue weighted by Gasteiger charge is -2.16. The molecule has 0 saturated heterocycles. The molecule has 1 nitrogen and oxygen atoms in total. The predicted octanol–water partition coefficient (Wildman–Crippen LogP) is 3.63. The molecular weight excluding hydrogens is 148 g/mol. The van der Waals surface area contributed by atoms with E-state index in [0.29, 0.717) is 12.0 Å². The van der Waals surface area contributed by atoms with Crippen LogP contribution in [0.4, 0.5) is 0 Å². The highest BCUT2D eigenvalue weighted by Gasteiger charge is 2.05. The normalized spacial score (nSPS) is 13.8. The summed E-state index contributed by atoms with van der Waals surface area (Å²) in [6.07, 6.45) is 5.62. The van der Waals surface area contributed by atoms with E-state index in [1.165, 1.54) is 25.7 Å². The van der Waals surface area contributed by atoms with Gasteiger partial charge in [0, 0.05) is 6.61 Å². The number of unbranched alkanes of at least 4 members (excludes halogenated alkanes) is 3. The Bertz CT molecular complexity index is 89.0. The first-order chi connectivity index (χ1) is 5.68. The van der Waals surface area contributed by atoms with Gasteiger partial charge in [-0.1, -0.05) is 40.0 Å². The van der Waals surface area contributed by atoms with Gasteiger partial charge in [0.2, 0.25) is 0 Å². The van der Waals surface area contributed by atoms with Crippen molar-refractivity contribution in [2.24, 2.45) is 5.92 Å². The molecule has 0 aliphatic rings. The average Bonchev–Trinajstić information content (AvgIpc) is 2.03. The van der Waals surface area contributed by atoms with Crippen LogP contribution in [0.5, 0.6) is 0 Å². The smallest absolute Gasteiger partial charge is 0.0569 e. The van der Waals surface area contributed by atoms with Crippen molar-refractivity contribution in [1.82, 2.24) is 0 Å². The Labute approximate surface area is 77.5 Å². The van der Waals surface area contributed by atoms with Crippen LogP contribution in [-0.2, 0) is 4.74 Å². The lowest BCUT2D eigenvalue weighted by molar-refractivity contribution is 0.0332. The molecule has 0 aliphatic heterocycles. The van der Waals surface area contributed by atoms with Gasteiger partial charge in [0.15, 0.2) is 0 Å². The van der Waals surface area contributed by atoms with E-state index in [4.69, 9.17) is 4.74 Å². The van der Waals surface area contributed by atoms with Crippen molar-refractivity contribution in [3.8, 4) is 0 Å². The van der Waals surface area contributed by atoms with E-state index in [1.54, 1.807) is 0 Å². The van der Waals surface area contributed by atoms with Crippen LogP contribution in [0.3, 0.4) is 0 Å². The van der Waals surface area contributed by atoms with E-state index in [-0.39, 0.29) is 0 Å². The minimum Gasteiger partial charge on any atom is -0.378 e. The summed E-state index contributed by atoms with van der Waals surface area (Å²) in [4.78, 5) is 0. The van der Waals surface area contributed by atoms with Crippen LogP contribution in [0.2, 0.25) is 0 Å². The molecule has 0 aromatic rings. The molecule has 0 saturated carbocycles. The summed E-state index contributed by atoms with van der Waals surface area (Å²) in [5.74, 6) is 0.649. The molecule has 0 amide bonds. The second-order valence-corrected chi connectivity index (χ2v) is 3.88. The number of rotatable bonds is 7. The van der Waals surface area contributed by atoms with Crippen LogP contribution >= 0.6 is 0 Å². The van der Waals surface area contributed by atoms with Crippen molar-refractivity contribution < 1.29 is 4.74 Å². The van der Waals surface area contributed by atoms with Crippen LogP contribution < -0.4 is 0 Å². The molecule has 0 heterocycles. The molecule has 1 unspecified atom stereocenters. The second kappa shape index (κ2) is 7.60. The van der Waals surface area contributed by atoms with Crippen molar-refractivity contribution >= 4 is 0 Å². The van der Waals surface area contributed by atoms with Gasteiger partial charge >= 0.3 is 0 Å². The van der Waals surface area contributed by atoms with Crippen molar-refractivity contribution in [2.45, 2.75) is 59.5 Å². The van der Waals surface area contributed by atoms with Gasteiger partial charge in [0.25, 0.3) is 0 Å².